The van der Waals surface area contributed by atoms with Crippen molar-refractivity contribution in [2.75, 3.05) is 5.32 Å². The van der Waals surface area contributed by atoms with Crippen LogP contribution in [0, 0.1) is 18.6 Å². The van der Waals surface area contributed by atoms with Crippen molar-refractivity contribution in [3.05, 3.63) is 59.3 Å². The first-order chi connectivity index (χ1) is 8.56. The third-order valence-corrected chi connectivity index (χ3v) is 2.33. The average molecular weight is 248 g/mol. The molecule has 1 heterocycles. The number of amides is 1. The minimum Gasteiger partial charge on any atom is -0.306 e. The molecule has 0 radical (unpaired) electrons. The van der Waals surface area contributed by atoms with E-state index in [-0.39, 0.29) is 5.56 Å². The van der Waals surface area contributed by atoms with Crippen LogP contribution in [0.25, 0.3) is 0 Å². The van der Waals surface area contributed by atoms with E-state index in [1.54, 1.807) is 12.1 Å². The van der Waals surface area contributed by atoms with Crippen molar-refractivity contribution in [3.63, 3.8) is 0 Å². The quantitative estimate of drug-likeness (QED) is 0.887. The maximum atomic E-state index is 13.4. The standard InChI is InChI=1S/C13H10F2N2O/c1-8-4-5-16-12(6-8)17-13(18)10-3-2-9(14)7-11(10)15/h2-7H,1H3,(H,16,17,18). The molecule has 1 aromatic carbocycles. The van der Waals surface area contributed by atoms with Crippen LogP contribution < -0.4 is 5.32 Å². The highest BCUT2D eigenvalue weighted by Gasteiger charge is 2.12. The fourth-order valence-corrected chi connectivity index (χ4v) is 1.46. The number of hydrogen-bond acceptors (Lipinski definition) is 2. The number of anilines is 1. The van der Waals surface area contributed by atoms with Crippen molar-refractivity contribution < 1.29 is 13.6 Å². The third kappa shape index (κ3) is 2.68. The zero-order valence-electron chi connectivity index (χ0n) is 9.58. The second-order valence-corrected chi connectivity index (χ2v) is 3.80. The van der Waals surface area contributed by atoms with Crippen molar-refractivity contribution >= 4 is 11.7 Å². The Labute approximate surface area is 102 Å². The summed E-state index contributed by atoms with van der Waals surface area (Å²) >= 11 is 0. The lowest BCUT2D eigenvalue weighted by Gasteiger charge is -2.05. The highest BCUT2D eigenvalue weighted by molar-refractivity contribution is 6.03. The Morgan fingerprint density at radius 3 is 2.67 bits per heavy atom. The summed E-state index contributed by atoms with van der Waals surface area (Å²) in [5.74, 6) is -1.97. The topological polar surface area (TPSA) is 42.0 Å². The molecule has 1 N–H and O–H groups in total. The van der Waals surface area contributed by atoms with Gasteiger partial charge in [0.05, 0.1) is 5.56 Å². The molecule has 0 atom stereocenters. The normalized spacial score (nSPS) is 10.2. The summed E-state index contributed by atoms with van der Waals surface area (Å²) in [6.07, 6.45) is 1.53. The maximum Gasteiger partial charge on any atom is 0.259 e. The third-order valence-electron chi connectivity index (χ3n) is 2.33. The Hall–Kier alpha value is -2.30. The average Bonchev–Trinajstić information content (AvgIpc) is 2.28. The molecule has 0 aliphatic rings. The highest BCUT2D eigenvalue weighted by Crippen LogP contribution is 2.12. The SMILES string of the molecule is Cc1ccnc(NC(=O)c2ccc(F)cc2F)c1. The number of halogens is 2. The van der Waals surface area contributed by atoms with E-state index >= 15 is 0 Å². The van der Waals surface area contributed by atoms with Gasteiger partial charge in [0.2, 0.25) is 0 Å². The van der Waals surface area contributed by atoms with Crippen LogP contribution in [0.1, 0.15) is 15.9 Å². The Bertz CT molecular complexity index is 599. The largest absolute Gasteiger partial charge is 0.306 e. The molecule has 0 bridgehead atoms. The Balaban J connectivity index is 2.22. The van der Waals surface area contributed by atoms with Crippen molar-refractivity contribution in [3.8, 4) is 0 Å². The number of rotatable bonds is 2. The number of aromatic nitrogens is 1. The summed E-state index contributed by atoms with van der Waals surface area (Å²) in [6, 6.07) is 6.21. The maximum absolute atomic E-state index is 13.4. The lowest BCUT2D eigenvalue weighted by molar-refractivity contribution is 0.102. The van der Waals surface area contributed by atoms with E-state index in [0.717, 1.165) is 17.7 Å². The van der Waals surface area contributed by atoms with Gasteiger partial charge in [-0.05, 0) is 36.8 Å². The molecule has 2 aromatic rings. The van der Waals surface area contributed by atoms with Crippen molar-refractivity contribution in [2.45, 2.75) is 6.92 Å². The van der Waals surface area contributed by atoms with E-state index in [1.165, 1.54) is 6.20 Å². The Morgan fingerprint density at radius 2 is 2.00 bits per heavy atom. The molecule has 0 unspecified atom stereocenters. The lowest BCUT2D eigenvalue weighted by atomic mass is 10.2. The molecular formula is C13H10F2N2O. The summed E-state index contributed by atoms with van der Waals surface area (Å²) in [5.41, 5.74) is 0.694. The molecule has 0 aliphatic heterocycles. The monoisotopic (exact) mass is 248 g/mol. The van der Waals surface area contributed by atoms with Crippen LogP contribution in [0.15, 0.2) is 36.5 Å². The van der Waals surface area contributed by atoms with Crippen LogP contribution in [0.5, 0.6) is 0 Å². The molecule has 5 heteroatoms. The van der Waals surface area contributed by atoms with Crippen LogP contribution in [0.2, 0.25) is 0 Å². The van der Waals surface area contributed by atoms with E-state index in [1.807, 2.05) is 6.92 Å². The summed E-state index contributed by atoms with van der Waals surface area (Å²) in [7, 11) is 0. The van der Waals surface area contributed by atoms with Crippen LogP contribution in [0.4, 0.5) is 14.6 Å². The van der Waals surface area contributed by atoms with Gasteiger partial charge in [-0.2, -0.15) is 0 Å². The zero-order chi connectivity index (χ0) is 13.1. The number of benzene rings is 1. The Morgan fingerprint density at radius 1 is 1.22 bits per heavy atom. The van der Waals surface area contributed by atoms with E-state index in [9.17, 15) is 13.6 Å². The molecule has 2 rings (SSSR count). The van der Waals surface area contributed by atoms with Crippen LogP contribution in [-0.2, 0) is 0 Å². The number of hydrogen-bond donors (Lipinski definition) is 1. The van der Waals surface area contributed by atoms with Crippen molar-refractivity contribution in [1.29, 1.82) is 0 Å². The molecular weight excluding hydrogens is 238 g/mol. The number of nitrogens with zero attached hydrogens (tertiary/aromatic N) is 1. The number of carbonyl (C=O) groups is 1. The van der Waals surface area contributed by atoms with Crippen LogP contribution in [0.3, 0.4) is 0 Å². The smallest absolute Gasteiger partial charge is 0.259 e. The molecule has 3 nitrogen and oxygen atoms in total. The van der Waals surface area contributed by atoms with Crippen molar-refractivity contribution in [2.24, 2.45) is 0 Å². The first kappa shape index (κ1) is 12.2. The predicted octanol–water partition coefficient (Wildman–Crippen LogP) is 2.92. The first-order valence-corrected chi connectivity index (χ1v) is 5.25. The first-order valence-electron chi connectivity index (χ1n) is 5.25. The minimum atomic E-state index is -0.903. The van der Waals surface area contributed by atoms with Gasteiger partial charge in [-0.3, -0.25) is 4.79 Å². The summed E-state index contributed by atoms with van der Waals surface area (Å²) in [6.45, 7) is 1.84. The van der Waals surface area contributed by atoms with Gasteiger partial charge in [-0.25, -0.2) is 13.8 Å². The molecule has 0 spiro atoms. The van der Waals surface area contributed by atoms with Gasteiger partial charge in [-0.15, -0.1) is 0 Å². The fourth-order valence-electron chi connectivity index (χ4n) is 1.46. The van der Waals surface area contributed by atoms with Gasteiger partial charge in [0, 0.05) is 12.3 Å². The minimum absolute atomic E-state index is 0.222. The molecule has 18 heavy (non-hydrogen) atoms. The fraction of sp³-hybridized carbons (Fsp3) is 0.0769. The van der Waals surface area contributed by atoms with E-state index < -0.39 is 17.5 Å². The number of pyridine rings is 1. The number of nitrogens with one attached hydrogen (secondary N) is 1. The van der Waals surface area contributed by atoms with Gasteiger partial charge in [-0.1, -0.05) is 0 Å². The molecule has 0 saturated carbocycles. The molecule has 92 valence electrons. The summed E-state index contributed by atoms with van der Waals surface area (Å²) in [5, 5.41) is 2.45. The molecule has 0 aliphatic carbocycles. The van der Waals surface area contributed by atoms with E-state index in [4.69, 9.17) is 0 Å². The van der Waals surface area contributed by atoms with Gasteiger partial charge in [0.15, 0.2) is 0 Å². The summed E-state index contributed by atoms with van der Waals surface area (Å²) in [4.78, 5) is 15.7. The molecule has 1 amide bonds. The molecule has 0 fully saturated rings. The van der Waals surface area contributed by atoms with E-state index in [2.05, 4.69) is 10.3 Å². The molecule has 1 aromatic heterocycles. The van der Waals surface area contributed by atoms with E-state index in [0.29, 0.717) is 11.9 Å². The van der Waals surface area contributed by atoms with Crippen LogP contribution in [-0.4, -0.2) is 10.9 Å². The Kier molecular flexibility index (Phi) is 3.32. The van der Waals surface area contributed by atoms with Gasteiger partial charge >= 0.3 is 0 Å². The second-order valence-electron chi connectivity index (χ2n) is 3.80. The van der Waals surface area contributed by atoms with Gasteiger partial charge in [0.1, 0.15) is 17.5 Å². The molecule has 0 saturated heterocycles. The lowest BCUT2D eigenvalue weighted by Crippen LogP contribution is -2.14. The van der Waals surface area contributed by atoms with Gasteiger partial charge in [0.25, 0.3) is 5.91 Å². The zero-order valence-corrected chi connectivity index (χ0v) is 9.58. The van der Waals surface area contributed by atoms with Gasteiger partial charge < -0.3 is 5.32 Å². The van der Waals surface area contributed by atoms with Crippen LogP contribution >= 0.6 is 0 Å². The summed E-state index contributed by atoms with van der Waals surface area (Å²) < 4.78 is 26.1. The number of carbonyl (C=O) groups excluding carboxylic acids is 1. The second kappa shape index (κ2) is 4.91. The van der Waals surface area contributed by atoms with Crippen molar-refractivity contribution in [1.82, 2.24) is 4.98 Å². The number of aryl methyl sites for hydroxylation is 1. The highest BCUT2D eigenvalue weighted by atomic mass is 19.1. The predicted molar refractivity (Wildman–Crippen MR) is 63.3 cm³/mol.